The van der Waals surface area contributed by atoms with Crippen LogP contribution in [0.15, 0.2) is 10.7 Å². The molecule has 2 rings (SSSR count). The second-order valence-electron chi connectivity index (χ2n) is 4.51. The molecule has 0 aromatic carbocycles. The van der Waals surface area contributed by atoms with Crippen LogP contribution in [0.1, 0.15) is 54.8 Å². The lowest BCUT2D eigenvalue weighted by Gasteiger charge is -2.09. The summed E-state index contributed by atoms with van der Waals surface area (Å²) in [6, 6.07) is 0. The first-order valence-corrected chi connectivity index (χ1v) is 6.66. The van der Waals surface area contributed by atoms with E-state index in [1.165, 1.54) is 12.8 Å². The molecular formula is C12H15BrN2O2. The number of carbonyl (C=O) groups is 1. The van der Waals surface area contributed by atoms with Crippen LogP contribution in [0.4, 0.5) is 0 Å². The van der Waals surface area contributed by atoms with E-state index in [1.54, 1.807) is 6.20 Å². The van der Waals surface area contributed by atoms with Crippen molar-refractivity contribution < 1.29 is 9.90 Å². The van der Waals surface area contributed by atoms with Crippen molar-refractivity contribution in [1.82, 2.24) is 9.97 Å². The van der Waals surface area contributed by atoms with Crippen molar-refractivity contribution in [2.75, 3.05) is 0 Å². The Morgan fingerprint density at radius 1 is 1.59 bits per heavy atom. The van der Waals surface area contributed by atoms with Crippen molar-refractivity contribution in [3.63, 3.8) is 0 Å². The molecule has 1 heterocycles. The van der Waals surface area contributed by atoms with E-state index in [0.29, 0.717) is 16.2 Å². The van der Waals surface area contributed by atoms with Gasteiger partial charge in [-0.2, -0.15) is 0 Å². The number of rotatable bonds is 3. The van der Waals surface area contributed by atoms with Crippen LogP contribution in [-0.2, 0) is 0 Å². The van der Waals surface area contributed by atoms with Crippen LogP contribution in [-0.4, -0.2) is 21.0 Å². The van der Waals surface area contributed by atoms with Gasteiger partial charge in [0.05, 0.1) is 4.47 Å². The number of hydrogen-bond donors (Lipinski definition) is 1. The highest BCUT2D eigenvalue weighted by Gasteiger charge is 2.27. The number of carboxylic acids is 1. The van der Waals surface area contributed by atoms with E-state index < -0.39 is 5.97 Å². The molecule has 0 bridgehead atoms. The summed E-state index contributed by atoms with van der Waals surface area (Å²) in [4.78, 5) is 19.4. The SMILES string of the molecule is CCC1CCC(c2ncc(Br)c(C(=O)O)n2)C1. The summed E-state index contributed by atoms with van der Waals surface area (Å²) in [7, 11) is 0. The summed E-state index contributed by atoms with van der Waals surface area (Å²) in [5.41, 5.74) is 0.0648. The molecule has 17 heavy (non-hydrogen) atoms. The van der Waals surface area contributed by atoms with Gasteiger partial charge in [-0.05, 0) is 41.1 Å². The van der Waals surface area contributed by atoms with Gasteiger partial charge in [0.2, 0.25) is 0 Å². The van der Waals surface area contributed by atoms with Crippen LogP contribution in [0.5, 0.6) is 0 Å². The maximum Gasteiger partial charge on any atom is 0.355 e. The summed E-state index contributed by atoms with van der Waals surface area (Å²) in [5.74, 6) is 0.735. The summed E-state index contributed by atoms with van der Waals surface area (Å²) in [5, 5.41) is 9.01. The Morgan fingerprint density at radius 2 is 2.35 bits per heavy atom. The molecule has 0 radical (unpaired) electrons. The highest BCUT2D eigenvalue weighted by atomic mass is 79.9. The van der Waals surface area contributed by atoms with Gasteiger partial charge in [0.1, 0.15) is 5.82 Å². The average molecular weight is 299 g/mol. The zero-order chi connectivity index (χ0) is 12.4. The molecule has 1 aromatic heterocycles. The third kappa shape index (κ3) is 2.65. The maximum absolute atomic E-state index is 11.0. The molecule has 1 N–H and O–H groups in total. The van der Waals surface area contributed by atoms with E-state index >= 15 is 0 Å². The van der Waals surface area contributed by atoms with Crippen molar-refractivity contribution in [3.05, 3.63) is 22.2 Å². The lowest BCUT2D eigenvalue weighted by atomic mass is 10.0. The topological polar surface area (TPSA) is 63.1 Å². The largest absolute Gasteiger partial charge is 0.476 e. The molecule has 0 amide bonds. The fraction of sp³-hybridized carbons (Fsp3) is 0.583. The lowest BCUT2D eigenvalue weighted by Crippen LogP contribution is -2.09. The van der Waals surface area contributed by atoms with Gasteiger partial charge in [-0.25, -0.2) is 14.8 Å². The fourth-order valence-corrected chi connectivity index (χ4v) is 2.77. The average Bonchev–Trinajstić information content (AvgIpc) is 2.78. The Hall–Kier alpha value is -0.970. The molecule has 5 heteroatoms. The van der Waals surface area contributed by atoms with E-state index in [2.05, 4.69) is 32.8 Å². The fourth-order valence-electron chi connectivity index (χ4n) is 2.41. The molecule has 1 fully saturated rings. The second-order valence-corrected chi connectivity index (χ2v) is 5.37. The number of hydrogen-bond acceptors (Lipinski definition) is 3. The van der Waals surface area contributed by atoms with Crippen molar-refractivity contribution in [2.45, 2.75) is 38.5 Å². The molecule has 1 aromatic rings. The lowest BCUT2D eigenvalue weighted by molar-refractivity contribution is 0.0688. The van der Waals surface area contributed by atoms with Gasteiger partial charge in [0, 0.05) is 12.1 Å². The van der Waals surface area contributed by atoms with Crippen molar-refractivity contribution in [3.8, 4) is 0 Å². The van der Waals surface area contributed by atoms with Crippen LogP contribution in [0.2, 0.25) is 0 Å². The molecule has 1 aliphatic rings. The minimum Gasteiger partial charge on any atom is -0.476 e. The molecule has 2 unspecified atom stereocenters. The van der Waals surface area contributed by atoms with Gasteiger partial charge in [-0.15, -0.1) is 0 Å². The summed E-state index contributed by atoms with van der Waals surface area (Å²) in [6.07, 6.45) is 6.07. The number of halogens is 1. The van der Waals surface area contributed by atoms with E-state index in [4.69, 9.17) is 5.11 Å². The first kappa shape index (κ1) is 12.5. The highest BCUT2D eigenvalue weighted by Crippen LogP contribution is 2.38. The van der Waals surface area contributed by atoms with Crippen LogP contribution in [0, 0.1) is 5.92 Å². The standard InChI is InChI=1S/C12H15BrN2O2/c1-2-7-3-4-8(5-7)11-14-6-9(13)10(15-11)12(16)17/h6-8H,2-5H2,1H3,(H,16,17). The van der Waals surface area contributed by atoms with Crippen LogP contribution >= 0.6 is 15.9 Å². The van der Waals surface area contributed by atoms with E-state index in [9.17, 15) is 4.79 Å². The summed E-state index contributed by atoms with van der Waals surface area (Å²) >= 11 is 3.16. The van der Waals surface area contributed by atoms with Crippen LogP contribution in [0.3, 0.4) is 0 Å². The minimum atomic E-state index is -1.01. The zero-order valence-electron chi connectivity index (χ0n) is 9.69. The summed E-state index contributed by atoms with van der Waals surface area (Å²) < 4.78 is 0.443. The third-order valence-electron chi connectivity index (χ3n) is 3.45. The third-order valence-corrected chi connectivity index (χ3v) is 4.03. The highest BCUT2D eigenvalue weighted by molar-refractivity contribution is 9.10. The maximum atomic E-state index is 11.0. The molecule has 4 nitrogen and oxygen atoms in total. The van der Waals surface area contributed by atoms with Gasteiger partial charge in [-0.3, -0.25) is 0 Å². The van der Waals surface area contributed by atoms with Gasteiger partial charge in [0.15, 0.2) is 5.69 Å². The van der Waals surface area contributed by atoms with Crippen LogP contribution < -0.4 is 0 Å². The Bertz CT molecular complexity index is 437. The van der Waals surface area contributed by atoms with Crippen molar-refractivity contribution in [1.29, 1.82) is 0 Å². The molecule has 1 saturated carbocycles. The van der Waals surface area contributed by atoms with Gasteiger partial charge < -0.3 is 5.11 Å². The quantitative estimate of drug-likeness (QED) is 0.930. The van der Waals surface area contributed by atoms with Crippen molar-refractivity contribution >= 4 is 21.9 Å². The van der Waals surface area contributed by atoms with Crippen molar-refractivity contribution in [2.24, 2.45) is 5.92 Å². The predicted molar refractivity (Wildman–Crippen MR) is 67.1 cm³/mol. The molecule has 0 spiro atoms. The molecule has 1 aliphatic carbocycles. The van der Waals surface area contributed by atoms with E-state index in [-0.39, 0.29) is 5.69 Å². The molecule has 92 valence electrons. The smallest absolute Gasteiger partial charge is 0.355 e. The Kier molecular flexibility index (Phi) is 3.76. The minimum absolute atomic E-state index is 0.0648. The van der Waals surface area contributed by atoms with Gasteiger partial charge in [-0.1, -0.05) is 13.3 Å². The normalized spacial score (nSPS) is 23.9. The predicted octanol–water partition coefficient (Wildman–Crippen LogP) is 3.23. The first-order valence-electron chi connectivity index (χ1n) is 5.87. The Morgan fingerprint density at radius 3 is 2.94 bits per heavy atom. The number of aromatic carboxylic acids is 1. The molecular weight excluding hydrogens is 284 g/mol. The first-order chi connectivity index (χ1) is 8.11. The number of aromatic nitrogens is 2. The number of carboxylic acid groups (broad SMARTS) is 1. The Labute approximate surface area is 109 Å². The second kappa shape index (κ2) is 5.12. The van der Waals surface area contributed by atoms with Gasteiger partial charge >= 0.3 is 5.97 Å². The molecule has 0 aliphatic heterocycles. The monoisotopic (exact) mass is 298 g/mol. The molecule has 2 atom stereocenters. The van der Waals surface area contributed by atoms with Gasteiger partial charge in [0.25, 0.3) is 0 Å². The zero-order valence-corrected chi connectivity index (χ0v) is 11.3. The van der Waals surface area contributed by atoms with Crippen LogP contribution in [0.25, 0.3) is 0 Å². The Balaban J connectivity index is 2.22. The number of nitrogens with zero attached hydrogens (tertiary/aromatic N) is 2. The molecule has 0 saturated heterocycles. The summed E-state index contributed by atoms with van der Waals surface area (Å²) in [6.45, 7) is 2.19. The van der Waals surface area contributed by atoms with E-state index in [1.807, 2.05) is 0 Å². The van der Waals surface area contributed by atoms with E-state index in [0.717, 1.165) is 18.8 Å².